The summed E-state index contributed by atoms with van der Waals surface area (Å²) in [5.74, 6) is 0. The van der Waals surface area contributed by atoms with Crippen LogP contribution in [-0.2, 0) is 6.42 Å². The Balaban J connectivity index is 1.91. The number of amides is 2. The molecule has 2 amide bonds. The largest absolute Gasteiger partial charge is 0.342 e. The van der Waals surface area contributed by atoms with Gasteiger partial charge in [-0.05, 0) is 29.3 Å². The molecule has 1 aromatic carbocycles. The smallest absolute Gasteiger partial charge is 0.331 e. The number of carbonyl (C=O) groups excluding carboxylic acids is 1. The van der Waals surface area contributed by atoms with Crippen LogP contribution in [0.5, 0.6) is 0 Å². The zero-order chi connectivity index (χ0) is 16.4. The predicted octanol–water partition coefficient (Wildman–Crippen LogP) is 4.15. The van der Waals surface area contributed by atoms with Gasteiger partial charge in [0.1, 0.15) is 5.15 Å². The lowest BCUT2D eigenvalue weighted by Crippen LogP contribution is -2.41. The van der Waals surface area contributed by atoms with Crippen LogP contribution in [0.4, 0.5) is 10.5 Å². The van der Waals surface area contributed by atoms with Gasteiger partial charge in [0.15, 0.2) is 0 Å². The molecule has 0 fully saturated rings. The van der Waals surface area contributed by atoms with E-state index in [1.807, 2.05) is 6.07 Å². The van der Waals surface area contributed by atoms with Crippen LogP contribution in [0.1, 0.15) is 11.1 Å². The summed E-state index contributed by atoms with van der Waals surface area (Å²) in [6, 6.07) is 6.56. The molecule has 8 heteroatoms. The average molecular weight is 370 g/mol. The standard InChI is InChI=1S/C15H11Cl3N4O/c16-12-6-10(22-15(23)19-3-4-21-22)7-13(17)11(12)5-9-1-2-14(18)20-8-9/h1-2,4,6-8H,3,5H2,(H,19,23). The Morgan fingerprint density at radius 1 is 1.17 bits per heavy atom. The van der Waals surface area contributed by atoms with E-state index in [2.05, 4.69) is 15.4 Å². The molecule has 3 rings (SSSR count). The molecule has 118 valence electrons. The molecule has 2 heterocycles. The van der Waals surface area contributed by atoms with Crippen LogP contribution < -0.4 is 10.3 Å². The summed E-state index contributed by atoms with van der Waals surface area (Å²) in [5, 5.41) is 9.25. The fourth-order valence-electron chi connectivity index (χ4n) is 2.16. The number of pyridine rings is 1. The molecule has 2 aromatic rings. The van der Waals surface area contributed by atoms with Gasteiger partial charge in [-0.2, -0.15) is 10.1 Å². The molecule has 1 aromatic heterocycles. The van der Waals surface area contributed by atoms with Gasteiger partial charge < -0.3 is 5.32 Å². The average Bonchev–Trinajstić information content (AvgIpc) is 2.53. The highest BCUT2D eigenvalue weighted by Crippen LogP contribution is 2.33. The summed E-state index contributed by atoms with van der Waals surface area (Å²) in [6.45, 7) is 0.401. The van der Waals surface area contributed by atoms with Gasteiger partial charge in [-0.1, -0.05) is 40.9 Å². The van der Waals surface area contributed by atoms with E-state index < -0.39 is 0 Å². The number of nitrogens with one attached hydrogen (secondary N) is 1. The highest BCUT2D eigenvalue weighted by Gasteiger charge is 2.20. The normalized spacial score (nSPS) is 14.0. The van der Waals surface area contributed by atoms with E-state index >= 15 is 0 Å². The Hall–Kier alpha value is -1.82. The minimum absolute atomic E-state index is 0.325. The number of urea groups is 1. The van der Waals surface area contributed by atoms with Crippen molar-refractivity contribution in [3.63, 3.8) is 0 Å². The van der Waals surface area contributed by atoms with Crippen molar-refractivity contribution in [2.45, 2.75) is 6.42 Å². The molecule has 0 saturated carbocycles. The molecule has 1 N–H and O–H groups in total. The van der Waals surface area contributed by atoms with Crippen molar-refractivity contribution < 1.29 is 4.79 Å². The molecule has 0 radical (unpaired) electrons. The maximum absolute atomic E-state index is 11.8. The molecular formula is C15H11Cl3N4O. The Bertz CT molecular complexity index is 754. The van der Waals surface area contributed by atoms with Crippen LogP contribution in [0, 0.1) is 0 Å². The summed E-state index contributed by atoms with van der Waals surface area (Å²) in [7, 11) is 0. The topological polar surface area (TPSA) is 57.6 Å². The van der Waals surface area contributed by atoms with Gasteiger partial charge in [0.25, 0.3) is 0 Å². The maximum atomic E-state index is 11.8. The van der Waals surface area contributed by atoms with E-state index in [-0.39, 0.29) is 6.03 Å². The lowest BCUT2D eigenvalue weighted by atomic mass is 10.1. The predicted molar refractivity (Wildman–Crippen MR) is 92.9 cm³/mol. The number of benzene rings is 1. The van der Waals surface area contributed by atoms with Gasteiger partial charge in [0.2, 0.25) is 0 Å². The van der Waals surface area contributed by atoms with Crippen molar-refractivity contribution in [1.82, 2.24) is 10.3 Å². The molecule has 0 atom stereocenters. The highest BCUT2D eigenvalue weighted by molar-refractivity contribution is 6.36. The lowest BCUT2D eigenvalue weighted by Gasteiger charge is -2.22. The number of halogens is 3. The van der Waals surface area contributed by atoms with E-state index in [0.29, 0.717) is 33.9 Å². The van der Waals surface area contributed by atoms with Crippen molar-refractivity contribution in [3.8, 4) is 0 Å². The first-order chi connectivity index (χ1) is 11.0. The summed E-state index contributed by atoms with van der Waals surface area (Å²) in [6.07, 6.45) is 3.78. The summed E-state index contributed by atoms with van der Waals surface area (Å²) in [4.78, 5) is 15.9. The van der Waals surface area contributed by atoms with Gasteiger partial charge >= 0.3 is 6.03 Å². The van der Waals surface area contributed by atoms with Gasteiger partial charge in [0.05, 0.1) is 12.2 Å². The SMILES string of the molecule is O=C1NCC=NN1c1cc(Cl)c(Cc2ccc(Cl)nc2)c(Cl)c1. The quantitative estimate of drug-likeness (QED) is 0.826. The summed E-state index contributed by atoms with van der Waals surface area (Å²) >= 11 is 18.5. The number of hydrogen-bond acceptors (Lipinski definition) is 3. The molecule has 5 nitrogen and oxygen atoms in total. The minimum Gasteiger partial charge on any atom is -0.331 e. The number of rotatable bonds is 3. The van der Waals surface area contributed by atoms with Crippen molar-refractivity contribution >= 4 is 52.7 Å². The number of anilines is 1. The Morgan fingerprint density at radius 3 is 2.52 bits per heavy atom. The second-order valence-electron chi connectivity index (χ2n) is 4.85. The molecule has 0 spiro atoms. The Kier molecular flexibility index (Phi) is 4.71. The molecule has 1 aliphatic rings. The second-order valence-corrected chi connectivity index (χ2v) is 6.05. The van der Waals surface area contributed by atoms with Crippen LogP contribution in [0.2, 0.25) is 15.2 Å². The molecule has 0 aliphatic carbocycles. The number of hydrogen-bond donors (Lipinski definition) is 1. The van der Waals surface area contributed by atoms with E-state index in [1.165, 1.54) is 5.01 Å². The third-order valence-electron chi connectivity index (χ3n) is 3.27. The fraction of sp³-hybridized carbons (Fsp3) is 0.133. The van der Waals surface area contributed by atoms with Crippen molar-refractivity contribution in [2.24, 2.45) is 5.10 Å². The minimum atomic E-state index is -0.325. The first-order valence-corrected chi connectivity index (χ1v) is 7.87. The van der Waals surface area contributed by atoms with Crippen molar-refractivity contribution in [1.29, 1.82) is 0 Å². The zero-order valence-electron chi connectivity index (χ0n) is 11.8. The van der Waals surface area contributed by atoms with Gasteiger partial charge in [-0.3, -0.25) is 0 Å². The number of hydrazone groups is 1. The van der Waals surface area contributed by atoms with Crippen LogP contribution >= 0.6 is 34.8 Å². The molecular weight excluding hydrogens is 359 g/mol. The molecule has 23 heavy (non-hydrogen) atoms. The fourth-order valence-corrected chi connectivity index (χ4v) is 2.88. The third-order valence-corrected chi connectivity index (χ3v) is 4.17. The molecule has 0 bridgehead atoms. The highest BCUT2D eigenvalue weighted by atomic mass is 35.5. The van der Waals surface area contributed by atoms with E-state index in [1.54, 1.807) is 30.6 Å². The van der Waals surface area contributed by atoms with E-state index in [9.17, 15) is 4.79 Å². The van der Waals surface area contributed by atoms with Crippen LogP contribution in [-0.4, -0.2) is 23.8 Å². The summed E-state index contributed by atoms with van der Waals surface area (Å²) in [5.41, 5.74) is 2.19. The Labute approximate surface area is 147 Å². The molecule has 1 aliphatic heterocycles. The van der Waals surface area contributed by atoms with E-state index in [0.717, 1.165) is 11.1 Å². The zero-order valence-corrected chi connectivity index (χ0v) is 14.0. The third kappa shape index (κ3) is 3.58. The molecule has 0 saturated heterocycles. The van der Waals surface area contributed by atoms with Crippen molar-refractivity contribution in [3.05, 3.63) is 56.8 Å². The van der Waals surface area contributed by atoms with Crippen LogP contribution in [0.3, 0.4) is 0 Å². The first-order valence-electron chi connectivity index (χ1n) is 6.73. The van der Waals surface area contributed by atoms with E-state index in [4.69, 9.17) is 34.8 Å². The second kappa shape index (κ2) is 6.74. The van der Waals surface area contributed by atoms with Gasteiger partial charge in [-0.25, -0.2) is 9.78 Å². The lowest BCUT2D eigenvalue weighted by molar-refractivity contribution is 0.247. The van der Waals surface area contributed by atoms with Gasteiger partial charge in [-0.15, -0.1) is 0 Å². The molecule has 0 unspecified atom stereocenters. The maximum Gasteiger partial charge on any atom is 0.342 e. The van der Waals surface area contributed by atoms with Crippen LogP contribution in [0.25, 0.3) is 0 Å². The van der Waals surface area contributed by atoms with Gasteiger partial charge in [0, 0.05) is 28.9 Å². The van der Waals surface area contributed by atoms with Crippen LogP contribution in [0.15, 0.2) is 35.6 Å². The Morgan fingerprint density at radius 2 is 1.91 bits per heavy atom. The first kappa shape index (κ1) is 16.1. The summed E-state index contributed by atoms with van der Waals surface area (Å²) < 4.78 is 0. The number of carbonyl (C=O) groups is 1. The number of nitrogens with zero attached hydrogens (tertiary/aromatic N) is 3. The van der Waals surface area contributed by atoms with Crippen molar-refractivity contribution in [2.75, 3.05) is 11.6 Å². The monoisotopic (exact) mass is 368 g/mol. The number of aromatic nitrogens is 1.